The Balaban J connectivity index is 1.95. The molecule has 1 aromatic rings. The van der Waals surface area contributed by atoms with Crippen molar-refractivity contribution >= 4 is 5.91 Å². The molecule has 19 heavy (non-hydrogen) atoms. The summed E-state index contributed by atoms with van der Waals surface area (Å²) in [4.78, 5) is 12.1. The maximum absolute atomic E-state index is 12.1. The van der Waals surface area contributed by atoms with Crippen LogP contribution in [0.1, 0.15) is 17.3 Å². The second kappa shape index (κ2) is 6.54. The number of nitrogens with one attached hydrogen (secondary N) is 2. The lowest BCUT2D eigenvalue weighted by Crippen LogP contribution is -2.43. The van der Waals surface area contributed by atoms with E-state index in [0.29, 0.717) is 12.2 Å². The van der Waals surface area contributed by atoms with Crippen molar-refractivity contribution < 1.29 is 14.3 Å². The molecule has 2 N–H and O–H groups in total. The monoisotopic (exact) mass is 264 g/mol. The first kappa shape index (κ1) is 13.8. The highest BCUT2D eigenvalue weighted by Crippen LogP contribution is 2.13. The van der Waals surface area contributed by atoms with Crippen LogP contribution < -0.4 is 15.4 Å². The molecule has 0 aromatic heterocycles. The van der Waals surface area contributed by atoms with E-state index in [1.54, 1.807) is 31.4 Å². The van der Waals surface area contributed by atoms with Crippen molar-refractivity contribution in [1.29, 1.82) is 0 Å². The highest BCUT2D eigenvalue weighted by molar-refractivity contribution is 5.94. The highest BCUT2D eigenvalue weighted by atomic mass is 16.5. The number of amides is 1. The molecule has 0 aliphatic carbocycles. The zero-order valence-electron chi connectivity index (χ0n) is 11.3. The fourth-order valence-electron chi connectivity index (χ4n) is 2.17. The molecule has 2 rings (SSSR count). The molecule has 1 amide bonds. The number of rotatable bonds is 5. The molecular weight excluding hydrogens is 244 g/mol. The third kappa shape index (κ3) is 3.45. The second-order valence-corrected chi connectivity index (χ2v) is 4.47. The third-order valence-corrected chi connectivity index (χ3v) is 3.21. The van der Waals surface area contributed by atoms with Crippen LogP contribution in [0, 0.1) is 0 Å². The lowest BCUT2D eigenvalue weighted by atomic mass is 10.1. The van der Waals surface area contributed by atoms with Crippen LogP contribution in [0.15, 0.2) is 24.3 Å². The van der Waals surface area contributed by atoms with Crippen LogP contribution in [0.4, 0.5) is 0 Å². The molecule has 0 spiro atoms. The van der Waals surface area contributed by atoms with Crippen molar-refractivity contribution in [3.05, 3.63) is 29.8 Å². The molecule has 0 radical (unpaired) electrons. The number of hydrogen-bond donors (Lipinski definition) is 2. The normalized spacial score (nSPS) is 22.2. The Bertz CT molecular complexity index is 419. The summed E-state index contributed by atoms with van der Waals surface area (Å²) in [5.74, 6) is 0.690. The maximum Gasteiger partial charge on any atom is 0.251 e. The van der Waals surface area contributed by atoms with Crippen molar-refractivity contribution in [2.75, 3.05) is 26.8 Å². The molecular formula is C14H20N2O3. The summed E-state index contributed by atoms with van der Waals surface area (Å²) in [5, 5.41) is 6.18. The average molecular weight is 264 g/mol. The molecule has 1 heterocycles. The van der Waals surface area contributed by atoms with E-state index in [-0.39, 0.29) is 18.1 Å². The smallest absolute Gasteiger partial charge is 0.251 e. The molecule has 1 aromatic carbocycles. The number of carbonyl (C=O) groups is 1. The van der Waals surface area contributed by atoms with Crippen LogP contribution in [-0.4, -0.2) is 44.9 Å². The predicted molar refractivity (Wildman–Crippen MR) is 72.5 cm³/mol. The van der Waals surface area contributed by atoms with Crippen molar-refractivity contribution in [2.45, 2.75) is 19.1 Å². The van der Waals surface area contributed by atoms with Gasteiger partial charge in [0.05, 0.1) is 18.8 Å². The molecule has 1 unspecified atom stereocenters. The number of benzene rings is 1. The molecule has 5 heteroatoms. The zero-order chi connectivity index (χ0) is 13.7. The van der Waals surface area contributed by atoms with Crippen molar-refractivity contribution in [2.24, 2.45) is 0 Å². The summed E-state index contributed by atoms with van der Waals surface area (Å²) in [6.07, 6.45) is 0.0339. The first-order valence-electron chi connectivity index (χ1n) is 6.51. The highest BCUT2D eigenvalue weighted by Gasteiger charge is 2.28. The van der Waals surface area contributed by atoms with E-state index < -0.39 is 0 Å². The maximum atomic E-state index is 12.1. The first-order valence-corrected chi connectivity index (χ1v) is 6.51. The Labute approximate surface area is 113 Å². The van der Waals surface area contributed by atoms with Crippen LogP contribution in [0.3, 0.4) is 0 Å². The van der Waals surface area contributed by atoms with Gasteiger partial charge in [-0.1, -0.05) is 0 Å². The van der Waals surface area contributed by atoms with Crippen molar-refractivity contribution in [3.63, 3.8) is 0 Å². The van der Waals surface area contributed by atoms with Gasteiger partial charge < -0.3 is 20.1 Å². The van der Waals surface area contributed by atoms with Gasteiger partial charge in [-0.15, -0.1) is 0 Å². The Morgan fingerprint density at radius 3 is 2.74 bits per heavy atom. The van der Waals surface area contributed by atoms with Gasteiger partial charge in [0, 0.05) is 25.8 Å². The minimum Gasteiger partial charge on any atom is -0.494 e. The molecule has 1 aliphatic heterocycles. The van der Waals surface area contributed by atoms with Crippen LogP contribution >= 0.6 is 0 Å². The van der Waals surface area contributed by atoms with Gasteiger partial charge in [0.25, 0.3) is 5.91 Å². The molecule has 0 bridgehead atoms. The van der Waals surface area contributed by atoms with E-state index >= 15 is 0 Å². The Morgan fingerprint density at radius 2 is 2.11 bits per heavy atom. The van der Waals surface area contributed by atoms with E-state index in [9.17, 15) is 4.79 Å². The van der Waals surface area contributed by atoms with Crippen LogP contribution in [0.5, 0.6) is 5.75 Å². The number of methoxy groups -OCH3 is 1. The van der Waals surface area contributed by atoms with Crippen LogP contribution in [0.2, 0.25) is 0 Å². The summed E-state index contributed by atoms with van der Waals surface area (Å²) >= 11 is 0. The predicted octanol–water partition coefficient (Wildman–Crippen LogP) is 0.802. The van der Waals surface area contributed by atoms with E-state index in [4.69, 9.17) is 9.47 Å². The van der Waals surface area contributed by atoms with Crippen LogP contribution in [-0.2, 0) is 4.74 Å². The van der Waals surface area contributed by atoms with Crippen molar-refractivity contribution in [3.8, 4) is 5.75 Å². The third-order valence-electron chi connectivity index (χ3n) is 3.21. The molecule has 2 atom stereocenters. The molecule has 104 valence electrons. The SMILES string of the molecule is CCOc1ccc(C(=O)NC2CNC[C@@H]2OC)cc1. The fourth-order valence-corrected chi connectivity index (χ4v) is 2.17. The van der Waals surface area contributed by atoms with Gasteiger partial charge in [0.2, 0.25) is 0 Å². The minimum atomic E-state index is -0.0844. The Hall–Kier alpha value is -1.59. The van der Waals surface area contributed by atoms with Gasteiger partial charge in [-0.25, -0.2) is 0 Å². The molecule has 0 saturated carbocycles. The topological polar surface area (TPSA) is 59.6 Å². The minimum absolute atomic E-state index is 0.0177. The quantitative estimate of drug-likeness (QED) is 0.826. The lowest BCUT2D eigenvalue weighted by molar-refractivity contribution is 0.0780. The van der Waals surface area contributed by atoms with E-state index in [1.165, 1.54) is 0 Å². The van der Waals surface area contributed by atoms with Crippen molar-refractivity contribution in [1.82, 2.24) is 10.6 Å². The largest absolute Gasteiger partial charge is 0.494 e. The molecule has 5 nitrogen and oxygen atoms in total. The Kier molecular flexibility index (Phi) is 4.76. The fraction of sp³-hybridized carbons (Fsp3) is 0.500. The van der Waals surface area contributed by atoms with Gasteiger partial charge in [-0.3, -0.25) is 4.79 Å². The van der Waals surface area contributed by atoms with Gasteiger partial charge in [-0.2, -0.15) is 0 Å². The van der Waals surface area contributed by atoms with Gasteiger partial charge in [0.15, 0.2) is 0 Å². The number of hydrogen-bond acceptors (Lipinski definition) is 4. The zero-order valence-corrected chi connectivity index (χ0v) is 11.3. The number of ether oxygens (including phenoxy) is 2. The summed E-state index contributed by atoms with van der Waals surface area (Å²) in [6.45, 7) is 4.05. The van der Waals surface area contributed by atoms with Gasteiger partial charge >= 0.3 is 0 Å². The summed E-state index contributed by atoms with van der Waals surface area (Å²) in [6, 6.07) is 7.16. The summed E-state index contributed by atoms with van der Waals surface area (Å²) in [7, 11) is 1.66. The second-order valence-electron chi connectivity index (χ2n) is 4.47. The first-order chi connectivity index (χ1) is 9.24. The van der Waals surface area contributed by atoms with Crippen LogP contribution in [0.25, 0.3) is 0 Å². The summed E-state index contributed by atoms with van der Waals surface area (Å²) in [5.41, 5.74) is 0.630. The Morgan fingerprint density at radius 1 is 1.37 bits per heavy atom. The molecule has 1 aliphatic rings. The molecule has 1 saturated heterocycles. The van der Waals surface area contributed by atoms with E-state index in [2.05, 4.69) is 10.6 Å². The molecule has 1 fully saturated rings. The van der Waals surface area contributed by atoms with Gasteiger partial charge in [-0.05, 0) is 31.2 Å². The average Bonchev–Trinajstić information content (AvgIpc) is 2.87. The standard InChI is InChI=1S/C14H20N2O3/c1-3-19-11-6-4-10(5-7-11)14(17)16-12-8-15-9-13(12)18-2/h4-7,12-13,15H,3,8-9H2,1-2H3,(H,16,17)/t12?,13-/m0/s1. The lowest BCUT2D eigenvalue weighted by Gasteiger charge is -2.18. The van der Waals surface area contributed by atoms with Gasteiger partial charge in [0.1, 0.15) is 5.75 Å². The summed E-state index contributed by atoms with van der Waals surface area (Å²) < 4.78 is 10.7. The number of carbonyl (C=O) groups excluding carboxylic acids is 1. The van der Waals surface area contributed by atoms with E-state index in [1.807, 2.05) is 6.92 Å². The van der Waals surface area contributed by atoms with E-state index in [0.717, 1.165) is 18.8 Å².